The number of nitrogens with zero attached hydrogens (tertiary/aromatic N) is 2. The van der Waals surface area contributed by atoms with E-state index < -0.39 is 23.6 Å². The van der Waals surface area contributed by atoms with Gasteiger partial charge in [0.2, 0.25) is 0 Å². The number of thiophene rings is 1. The Bertz CT molecular complexity index is 1620. The molecule has 0 spiro atoms. The molecule has 0 aliphatic carbocycles. The normalized spacial score (nSPS) is 11.4. The maximum Gasteiger partial charge on any atom is 0.418 e. The van der Waals surface area contributed by atoms with E-state index in [1.54, 1.807) is 72.1 Å². The Kier molecular flexibility index (Phi) is 6.22. The van der Waals surface area contributed by atoms with Gasteiger partial charge in [0.1, 0.15) is 5.00 Å². The number of pyridine rings is 1. The summed E-state index contributed by atoms with van der Waals surface area (Å²) < 4.78 is 41.5. The number of urea groups is 1. The smallest absolute Gasteiger partial charge is 0.351 e. The second-order valence-corrected chi connectivity index (χ2v) is 9.04. The van der Waals surface area contributed by atoms with Crippen molar-refractivity contribution >= 4 is 44.7 Å². The van der Waals surface area contributed by atoms with Gasteiger partial charge in [-0.05, 0) is 41.3 Å². The number of anilines is 2. The molecular weight excluding hydrogens is 499 g/mol. The highest BCUT2D eigenvalue weighted by Gasteiger charge is 2.34. The van der Waals surface area contributed by atoms with Crippen molar-refractivity contribution < 1.29 is 22.8 Å². The van der Waals surface area contributed by atoms with Gasteiger partial charge in [0, 0.05) is 28.3 Å². The van der Waals surface area contributed by atoms with Crippen LogP contribution in [0.2, 0.25) is 0 Å². The largest absolute Gasteiger partial charge is 0.418 e. The molecule has 37 heavy (non-hydrogen) atoms. The Balaban J connectivity index is 1.79. The number of alkyl halides is 3. The number of nitrogens with two attached hydrogens (primary N) is 1. The summed E-state index contributed by atoms with van der Waals surface area (Å²) in [5.41, 5.74) is 6.11. The molecule has 0 saturated heterocycles. The van der Waals surface area contributed by atoms with Gasteiger partial charge in [0.15, 0.2) is 5.78 Å². The summed E-state index contributed by atoms with van der Waals surface area (Å²) in [6.07, 6.45) is -3.46. The topological polar surface area (TPSA) is 76.3 Å². The van der Waals surface area contributed by atoms with Crippen LogP contribution in [0.4, 0.5) is 28.7 Å². The predicted molar refractivity (Wildman–Crippen MR) is 138 cm³/mol. The lowest BCUT2D eigenvalue weighted by molar-refractivity contribution is -0.136. The highest BCUT2D eigenvalue weighted by molar-refractivity contribution is 7.14. The third-order valence-corrected chi connectivity index (χ3v) is 6.68. The number of hydrogen-bond donors (Lipinski definition) is 1. The first kappa shape index (κ1) is 24.2. The minimum atomic E-state index is -4.64. The van der Waals surface area contributed by atoms with Crippen LogP contribution in [0.3, 0.4) is 0 Å². The Labute approximate surface area is 213 Å². The summed E-state index contributed by atoms with van der Waals surface area (Å²) in [7, 11) is 0. The number of para-hydroxylation sites is 1. The molecule has 0 atom stereocenters. The fraction of sp³-hybridized carbons (Fsp3) is 0.0357. The maximum atomic E-state index is 13.8. The van der Waals surface area contributed by atoms with E-state index in [0.29, 0.717) is 21.8 Å². The lowest BCUT2D eigenvalue weighted by Crippen LogP contribution is -2.30. The second kappa shape index (κ2) is 9.51. The van der Waals surface area contributed by atoms with Crippen molar-refractivity contribution in [1.82, 2.24) is 4.98 Å². The zero-order chi connectivity index (χ0) is 26.2. The number of rotatable bonds is 5. The fourth-order valence-electron chi connectivity index (χ4n) is 4.24. The predicted octanol–water partition coefficient (Wildman–Crippen LogP) is 7.43. The van der Waals surface area contributed by atoms with Crippen molar-refractivity contribution in [3.63, 3.8) is 0 Å². The summed E-state index contributed by atoms with van der Waals surface area (Å²) >= 11 is 1.30. The first-order chi connectivity index (χ1) is 17.8. The minimum absolute atomic E-state index is 0.136. The van der Waals surface area contributed by atoms with E-state index in [9.17, 15) is 22.8 Å². The van der Waals surface area contributed by atoms with Crippen LogP contribution < -0.4 is 10.6 Å². The summed E-state index contributed by atoms with van der Waals surface area (Å²) in [6.45, 7) is 0. The Morgan fingerprint density at radius 1 is 0.892 bits per heavy atom. The van der Waals surface area contributed by atoms with Crippen LogP contribution in [0, 0.1) is 0 Å². The van der Waals surface area contributed by atoms with Crippen molar-refractivity contribution in [2.75, 3.05) is 4.90 Å². The van der Waals surface area contributed by atoms with Gasteiger partial charge < -0.3 is 5.73 Å². The van der Waals surface area contributed by atoms with Gasteiger partial charge in [-0.25, -0.2) is 4.79 Å². The fourth-order valence-corrected chi connectivity index (χ4v) is 5.00. The van der Waals surface area contributed by atoms with Crippen LogP contribution in [0.1, 0.15) is 21.5 Å². The van der Waals surface area contributed by atoms with Gasteiger partial charge in [0.05, 0.1) is 16.8 Å². The number of primary amides is 1. The molecule has 0 aliphatic rings. The molecule has 5 nitrogen and oxygen atoms in total. The number of halogens is 3. The Morgan fingerprint density at radius 2 is 1.65 bits per heavy atom. The Morgan fingerprint density at radius 3 is 2.32 bits per heavy atom. The third-order valence-electron chi connectivity index (χ3n) is 5.82. The molecule has 0 radical (unpaired) electrons. The van der Waals surface area contributed by atoms with Gasteiger partial charge in [-0.3, -0.25) is 14.7 Å². The highest BCUT2D eigenvalue weighted by Crippen LogP contribution is 2.40. The molecule has 2 heterocycles. The number of aromatic nitrogens is 1. The summed E-state index contributed by atoms with van der Waals surface area (Å²) in [6, 6.07) is 21.6. The van der Waals surface area contributed by atoms with E-state index in [0.717, 1.165) is 6.07 Å². The van der Waals surface area contributed by atoms with E-state index >= 15 is 0 Å². The minimum Gasteiger partial charge on any atom is -0.351 e. The number of carbonyl (C=O) groups is 2. The maximum absolute atomic E-state index is 13.8. The second-order valence-electron chi connectivity index (χ2n) is 8.12. The van der Waals surface area contributed by atoms with Crippen molar-refractivity contribution in [1.29, 1.82) is 0 Å². The summed E-state index contributed by atoms with van der Waals surface area (Å²) in [5, 5.41) is 2.53. The number of amides is 2. The molecule has 0 fully saturated rings. The Hall–Kier alpha value is -4.50. The molecular formula is C28H18F3N3O2S. The molecule has 2 N–H and O–H groups in total. The average molecular weight is 518 g/mol. The zero-order valence-electron chi connectivity index (χ0n) is 19.1. The van der Waals surface area contributed by atoms with Crippen molar-refractivity contribution in [2.24, 2.45) is 5.73 Å². The van der Waals surface area contributed by atoms with Crippen molar-refractivity contribution in [2.45, 2.75) is 6.18 Å². The number of fused-ring (bicyclic) bond motifs is 1. The number of ketones is 1. The lowest BCUT2D eigenvalue weighted by Gasteiger charge is -2.20. The molecule has 9 heteroatoms. The van der Waals surface area contributed by atoms with Gasteiger partial charge in [-0.2, -0.15) is 13.2 Å². The standard InChI is InChI=1S/C28H18F3N3O2S/c29-28(30,31)22-12-5-11-20-24(21(16-33-25(20)22)26(35)17-7-2-1-3-8-17)18-9-4-10-19(15-18)34(27(32)36)23-13-6-14-37-23/h1-16H,(H2,32,36). The van der Waals surface area contributed by atoms with Crippen LogP contribution >= 0.6 is 11.3 Å². The molecule has 5 aromatic rings. The highest BCUT2D eigenvalue weighted by atomic mass is 32.1. The van der Waals surface area contributed by atoms with E-state index in [1.807, 2.05) is 0 Å². The number of benzene rings is 3. The molecule has 0 bridgehead atoms. The SMILES string of the molecule is NC(=O)N(c1cccc(-c2c(C(=O)c3ccccc3)cnc3c(C(F)(F)F)cccc23)c1)c1cccs1. The van der Waals surface area contributed by atoms with Crippen LogP contribution in [0.15, 0.2) is 96.5 Å². The molecule has 2 aromatic heterocycles. The molecule has 0 unspecified atom stereocenters. The zero-order valence-corrected chi connectivity index (χ0v) is 19.9. The monoisotopic (exact) mass is 517 g/mol. The van der Waals surface area contributed by atoms with Gasteiger partial charge in [0.25, 0.3) is 0 Å². The summed E-state index contributed by atoms with van der Waals surface area (Å²) in [4.78, 5) is 31.3. The van der Waals surface area contributed by atoms with Gasteiger partial charge >= 0.3 is 12.2 Å². The summed E-state index contributed by atoms with van der Waals surface area (Å²) in [5.74, 6) is -0.391. The molecule has 2 amide bonds. The number of hydrogen-bond acceptors (Lipinski definition) is 4. The average Bonchev–Trinajstić information content (AvgIpc) is 3.41. The molecule has 0 aliphatic heterocycles. The van der Waals surface area contributed by atoms with Crippen LogP contribution in [-0.2, 0) is 6.18 Å². The van der Waals surface area contributed by atoms with Crippen molar-refractivity contribution in [3.8, 4) is 11.1 Å². The molecule has 3 aromatic carbocycles. The first-order valence-corrected chi connectivity index (χ1v) is 12.0. The van der Waals surface area contributed by atoms with E-state index in [2.05, 4.69) is 4.98 Å². The van der Waals surface area contributed by atoms with E-state index in [1.165, 1.54) is 34.6 Å². The van der Waals surface area contributed by atoms with E-state index in [-0.39, 0.29) is 22.0 Å². The van der Waals surface area contributed by atoms with E-state index in [4.69, 9.17) is 5.73 Å². The van der Waals surface area contributed by atoms with Gasteiger partial charge in [-0.1, -0.05) is 54.6 Å². The molecule has 5 rings (SSSR count). The lowest BCUT2D eigenvalue weighted by atomic mass is 9.91. The van der Waals surface area contributed by atoms with Crippen LogP contribution in [0.25, 0.3) is 22.0 Å². The third kappa shape index (κ3) is 4.56. The van der Waals surface area contributed by atoms with Crippen LogP contribution in [0.5, 0.6) is 0 Å². The number of carbonyl (C=O) groups excluding carboxylic acids is 2. The molecule has 0 saturated carbocycles. The van der Waals surface area contributed by atoms with Gasteiger partial charge in [-0.15, -0.1) is 11.3 Å². The first-order valence-electron chi connectivity index (χ1n) is 11.1. The quantitative estimate of drug-likeness (QED) is 0.246. The van der Waals surface area contributed by atoms with Crippen molar-refractivity contribution in [3.05, 3.63) is 113 Å². The van der Waals surface area contributed by atoms with Crippen LogP contribution in [-0.4, -0.2) is 16.8 Å². The molecule has 184 valence electrons.